The first-order chi connectivity index (χ1) is 7.29. The van der Waals surface area contributed by atoms with Gasteiger partial charge in [-0.05, 0) is 26.0 Å². The van der Waals surface area contributed by atoms with Gasteiger partial charge in [0.25, 0.3) is 0 Å². The quantitative estimate of drug-likeness (QED) is 0.680. The van der Waals surface area contributed by atoms with Crippen LogP contribution in [0.25, 0.3) is 0 Å². The van der Waals surface area contributed by atoms with E-state index in [9.17, 15) is 8.42 Å². The summed E-state index contributed by atoms with van der Waals surface area (Å²) in [6.45, 7) is 4.95. The summed E-state index contributed by atoms with van der Waals surface area (Å²) in [5.74, 6) is 0. The smallest absolute Gasteiger partial charge is 0.209 e. The fourth-order valence-corrected chi connectivity index (χ4v) is 2.60. The summed E-state index contributed by atoms with van der Waals surface area (Å²) in [4.78, 5) is 3.07. The maximum absolute atomic E-state index is 11.1. The molecule has 6 heteroatoms. The Kier molecular flexibility index (Phi) is 4.12. The van der Waals surface area contributed by atoms with Gasteiger partial charge in [-0.2, -0.15) is 0 Å². The van der Waals surface area contributed by atoms with Crippen molar-refractivity contribution in [2.45, 2.75) is 25.9 Å². The van der Waals surface area contributed by atoms with Crippen LogP contribution in [0.5, 0.6) is 0 Å². The SMILES string of the molecule is CC(C)(CNCc1ccc[nH]1)NS(C)(=O)=O. The number of hydrogen-bond donors (Lipinski definition) is 3. The minimum absolute atomic E-state index is 0.486. The van der Waals surface area contributed by atoms with Crippen molar-refractivity contribution in [1.82, 2.24) is 15.0 Å². The normalized spacial score (nSPS) is 12.9. The number of sulfonamides is 1. The molecule has 0 amide bonds. The highest BCUT2D eigenvalue weighted by atomic mass is 32.2. The van der Waals surface area contributed by atoms with Crippen LogP contribution >= 0.6 is 0 Å². The van der Waals surface area contributed by atoms with Gasteiger partial charge in [-0.3, -0.25) is 0 Å². The summed E-state index contributed by atoms with van der Waals surface area (Å²) >= 11 is 0. The van der Waals surface area contributed by atoms with Crippen LogP contribution in [0.3, 0.4) is 0 Å². The monoisotopic (exact) mass is 245 g/mol. The predicted molar refractivity (Wildman–Crippen MR) is 64.6 cm³/mol. The molecule has 5 nitrogen and oxygen atoms in total. The average molecular weight is 245 g/mol. The van der Waals surface area contributed by atoms with E-state index in [1.807, 2.05) is 32.2 Å². The molecule has 0 aliphatic heterocycles. The van der Waals surface area contributed by atoms with Crippen molar-refractivity contribution in [2.75, 3.05) is 12.8 Å². The van der Waals surface area contributed by atoms with E-state index in [0.29, 0.717) is 13.1 Å². The zero-order chi connectivity index (χ0) is 12.2. The molecule has 0 atom stereocenters. The molecule has 0 unspecified atom stereocenters. The molecule has 0 saturated heterocycles. The summed E-state index contributed by atoms with van der Waals surface area (Å²) in [6, 6.07) is 3.90. The van der Waals surface area contributed by atoms with Crippen LogP contribution in [0, 0.1) is 0 Å². The first-order valence-electron chi connectivity index (χ1n) is 5.10. The number of nitrogens with one attached hydrogen (secondary N) is 3. The molecule has 0 aliphatic rings. The molecular weight excluding hydrogens is 226 g/mol. The average Bonchev–Trinajstić information content (AvgIpc) is 2.51. The first kappa shape index (κ1) is 13.2. The van der Waals surface area contributed by atoms with Crippen LogP contribution in [-0.2, 0) is 16.6 Å². The van der Waals surface area contributed by atoms with E-state index < -0.39 is 15.6 Å². The lowest BCUT2D eigenvalue weighted by atomic mass is 10.1. The summed E-state index contributed by atoms with van der Waals surface area (Å²) < 4.78 is 24.8. The van der Waals surface area contributed by atoms with E-state index in [1.54, 1.807) is 0 Å². The Bertz CT molecular complexity index is 409. The third kappa shape index (κ3) is 5.29. The van der Waals surface area contributed by atoms with Gasteiger partial charge in [0.15, 0.2) is 0 Å². The number of rotatable bonds is 6. The lowest BCUT2D eigenvalue weighted by molar-refractivity contribution is 0.420. The Morgan fingerprint density at radius 1 is 1.44 bits per heavy atom. The molecule has 0 saturated carbocycles. The highest BCUT2D eigenvalue weighted by Crippen LogP contribution is 2.02. The molecule has 1 heterocycles. The van der Waals surface area contributed by atoms with Crippen molar-refractivity contribution in [3.63, 3.8) is 0 Å². The van der Waals surface area contributed by atoms with Crippen molar-refractivity contribution >= 4 is 10.0 Å². The highest BCUT2D eigenvalue weighted by molar-refractivity contribution is 7.88. The summed E-state index contributed by atoms with van der Waals surface area (Å²) in [6.07, 6.45) is 3.02. The molecule has 0 aliphatic carbocycles. The van der Waals surface area contributed by atoms with E-state index in [0.717, 1.165) is 5.69 Å². The van der Waals surface area contributed by atoms with Gasteiger partial charge in [0.1, 0.15) is 0 Å². The minimum atomic E-state index is -3.16. The predicted octanol–water partition coefficient (Wildman–Crippen LogP) is 0.432. The van der Waals surface area contributed by atoms with Crippen molar-refractivity contribution in [1.29, 1.82) is 0 Å². The van der Waals surface area contributed by atoms with Crippen LogP contribution in [0.1, 0.15) is 19.5 Å². The highest BCUT2D eigenvalue weighted by Gasteiger charge is 2.21. The minimum Gasteiger partial charge on any atom is -0.364 e. The van der Waals surface area contributed by atoms with E-state index in [2.05, 4.69) is 15.0 Å². The first-order valence-corrected chi connectivity index (χ1v) is 7.00. The Morgan fingerprint density at radius 2 is 2.12 bits per heavy atom. The van der Waals surface area contributed by atoms with Gasteiger partial charge in [-0.25, -0.2) is 13.1 Å². The number of hydrogen-bond acceptors (Lipinski definition) is 3. The zero-order valence-electron chi connectivity index (χ0n) is 9.87. The molecule has 0 spiro atoms. The molecule has 1 rings (SSSR count). The molecule has 0 aromatic carbocycles. The Morgan fingerprint density at radius 3 is 2.62 bits per heavy atom. The van der Waals surface area contributed by atoms with Gasteiger partial charge in [-0.15, -0.1) is 0 Å². The van der Waals surface area contributed by atoms with Crippen LogP contribution in [0.15, 0.2) is 18.3 Å². The second kappa shape index (κ2) is 4.99. The second-order valence-corrected chi connectivity index (χ2v) is 6.31. The van der Waals surface area contributed by atoms with Crippen LogP contribution in [0.4, 0.5) is 0 Å². The van der Waals surface area contributed by atoms with Gasteiger partial charge in [0, 0.05) is 30.5 Å². The number of H-pyrrole nitrogens is 1. The number of aromatic amines is 1. The Labute approximate surface area is 96.7 Å². The Hall–Kier alpha value is -0.850. The Balaban J connectivity index is 2.36. The van der Waals surface area contributed by atoms with Gasteiger partial charge in [0.2, 0.25) is 10.0 Å². The fourth-order valence-electron chi connectivity index (χ4n) is 1.53. The van der Waals surface area contributed by atoms with Crippen LogP contribution in [0.2, 0.25) is 0 Å². The van der Waals surface area contributed by atoms with E-state index in [1.165, 1.54) is 6.26 Å². The van der Waals surface area contributed by atoms with Gasteiger partial charge in [-0.1, -0.05) is 0 Å². The van der Waals surface area contributed by atoms with E-state index in [4.69, 9.17) is 0 Å². The fraction of sp³-hybridized carbons (Fsp3) is 0.600. The molecule has 0 fully saturated rings. The molecule has 1 aromatic heterocycles. The van der Waals surface area contributed by atoms with Crippen LogP contribution < -0.4 is 10.0 Å². The summed E-state index contributed by atoms with van der Waals surface area (Å²) in [7, 11) is -3.16. The molecular formula is C10H19N3O2S. The second-order valence-electron chi connectivity index (χ2n) is 4.56. The van der Waals surface area contributed by atoms with E-state index in [-0.39, 0.29) is 0 Å². The van der Waals surface area contributed by atoms with Gasteiger partial charge < -0.3 is 10.3 Å². The lowest BCUT2D eigenvalue weighted by Gasteiger charge is -2.25. The van der Waals surface area contributed by atoms with Gasteiger partial charge in [0.05, 0.1) is 6.26 Å². The standard InChI is InChI=1S/C10H19N3O2S/c1-10(2,13-16(3,14)15)8-11-7-9-5-4-6-12-9/h4-6,11-13H,7-8H2,1-3H3. The van der Waals surface area contributed by atoms with E-state index >= 15 is 0 Å². The summed E-state index contributed by atoms with van der Waals surface area (Å²) in [5, 5.41) is 3.19. The van der Waals surface area contributed by atoms with Crippen molar-refractivity contribution in [2.24, 2.45) is 0 Å². The third-order valence-corrected chi connectivity index (χ3v) is 2.93. The molecule has 16 heavy (non-hydrogen) atoms. The van der Waals surface area contributed by atoms with Crippen molar-refractivity contribution in [3.8, 4) is 0 Å². The molecule has 3 N–H and O–H groups in total. The molecule has 92 valence electrons. The number of aromatic nitrogens is 1. The third-order valence-electron chi connectivity index (χ3n) is 2.01. The van der Waals surface area contributed by atoms with Gasteiger partial charge >= 0.3 is 0 Å². The van der Waals surface area contributed by atoms with Crippen molar-refractivity contribution < 1.29 is 8.42 Å². The maximum atomic E-state index is 11.1. The molecule has 0 bridgehead atoms. The lowest BCUT2D eigenvalue weighted by Crippen LogP contribution is -2.49. The van der Waals surface area contributed by atoms with Crippen molar-refractivity contribution in [3.05, 3.63) is 24.0 Å². The van der Waals surface area contributed by atoms with Crippen LogP contribution in [-0.4, -0.2) is 31.7 Å². The maximum Gasteiger partial charge on any atom is 0.209 e. The summed E-state index contributed by atoms with van der Waals surface area (Å²) in [5.41, 5.74) is 0.593. The molecule has 1 aromatic rings. The molecule has 0 radical (unpaired) electrons. The largest absolute Gasteiger partial charge is 0.364 e. The zero-order valence-corrected chi connectivity index (χ0v) is 10.7. The topological polar surface area (TPSA) is 74.0 Å².